The summed E-state index contributed by atoms with van der Waals surface area (Å²) >= 11 is 0. The number of carboxylic acid groups (broad SMARTS) is 1. The van der Waals surface area contributed by atoms with Crippen molar-refractivity contribution in [3.63, 3.8) is 0 Å². The summed E-state index contributed by atoms with van der Waals surface area (Å²) in [7, 11) is 0. The molecule has 1 atom stereocenters. The molecule has 0 bridgehead atoms. The second-order valence-corrected chi connectivity index (χ2v) is 4.77. The molecule has 0 amide bonds. The standard InChI is InChI=1S/C15H20O4/c1-4-19-15(18)13(10(2)3)9-11-7-5-6-8-12(11)14(16)17/h5-8,10,13H,4,9H2,1-3H3,(H,16,17). The van der Waals surface area contributed by atoms with Gasteiger partial charge in [-0.15, -0.1) is 0 Å². The van der Waals surface area contributed by atoms with Gasteiger partial charge in [-0.2, -0.15) is 0 Å². The fraction of sp³-hybridized carbons (Fsp3) is 0.467. The molecule has 1 aromatic carbocycles. The van der Waals surface area contributed by atoms with Crippen LogP contribution >= 0.6 is 0 Å². The SMILES string of the molecule is CCOC(=O)C(Cc1ccccc1C(=O)O)C(C)C. The van der Waals surface area contributed by atoms with Gasteiger partial charge in [-0.3, -0.25) is 4.79 Å². The van der Waals surface area contributed by atoms with Crippen LogP contribution in [0.5, 0.6) is 0 Å². The number of hydrogen-bond acceptors (Lipinski definition) is 3. The quantitative estimate of drug-likeness (QED) is 0.802. The minimum Gasteiger partial charge on any atom is -0.478 e. The molecule has 0 aliphatic rings. The molecule has 4 nitrogen and oxygen atoms in total. The summed E-state index contributed by atoms with van der Waals surface area (Å²) in [5.41, 5.74) is 0.916. The molecule has 104 valence electrons. The van der Waals surface area contributed by atoms with E-state index in [0.29, 0.717) is 18.6 Å². The van der Waals surface area contributed by atoms with E-state index in [0.717, 1.165) is 0 Å². The molecule has 4 heteroatoms. The van der Waals surface area contributed by atoms with Crippen molar-refractivity contribution in [1.82, 2.24) is 0 Å². The van der Waals surface area contributed by atoms with Crippen LogP contribution in [0.1, 0.15) is 36.7 Å². The monoisotopic (exact) mass is 264 g/mol. The van der Waals surface area contributed by atoms with Gasteiger partial charge in [-0.1, -0.05) is 32.0 Å². The number of carbonyl (C=O) groups is 2. The van der Waals surface area contributed by atoms with Crippen LogP contribution < -0.4 is 0 Å². The van der Waals surface area contributed by atoms with Crippen molar-refractivity contribution in [2.45, 2.75) is 27.2 Å². The van der Waals surface area contributed by atoms with Crippen molar-refractivity contribution < 1.29 is 19.4 Å². The summed E-state index contributed by atoms with van der Waals surface area (Å²) in [5, 5.41) is 9.14. The van der Waals surface area contributed by atoms with E-state index in [1.165, 1.54) is 0 Å². The minimum absolute atomic E-state index is 0.0981. The lowest BCUT2D eigenvalue weighted by atomic mass is 9.87. The number of benzene rings is 1. The highest BCUT2D eigenvalue weighted by Crippen LogP contribution is 2.21. The topological polar surface area (TPSA) is 63.6 Å². The third-order valence-corrected chi connectivity index (χ3v) is 3.08. The molecule has 0 radical (unpaired) electrons. The summed E-state index contributed by atoms with van der Waals surface area (Å²) in [5.74, 6) is -1.46. The summed E-state index contributed by atoms with van der Waals surface area (Å²) in [4.78, 5) is 23.1. The molecular formula is C15H20O4. The first-order chi connectivity index (χ1) is 8.97. The van der Waals surface area contributed by atoms with E-state index >= 15 is 0 Å². The smallest absolute Gasteiger partial charge is 0.335 e. The number of carbonyl (C=O) groups excluding carboxylic acids is 1. The average molecular weight is 264 g/mol. The van der Waals surface area contributed by atoms with E-state index in [-0.39, 0.29) is 23.4 Å². The number of esters is 1. The molecule has 1 N–H and O–H groups in total. The van der Waals surface area contributed by atoms with Gasteiger partial charge in [0, 0.05) is 0 Å². The second-order valence-electron chi connectivity index (χ2n) is 4.77. The number of ether oxygens (including phenoxy) is 1. The molecule has 0 fully saturated rings. The van der Waals surface area contributed by atoms with Crippen LogP contribution in [0.15, 0.2) is 24.3 Å². The van der Waals surface area contributed by atoms with Gasteiger partial charge in [-0.25, -0.2) is 4.79 Å². The molecule has 0 saturated carbocycles. The highest BCUT2D eigenvalue weighted by atomic mass is 16.5. The zero-order valence-corrected chi connectivity index (χ0v) is 11.6. The summed E-state index contributed by atoms with van der Waals surface area (Å²) < 4.78 is 5.05. The predicted octanol–water partition coefficient (Wildman–Crippen LogP) is 2.76. The maximum atomic E-state index is 11.9. The molecule has 1 unspecified atom stereocenters. The summed E-state index contributed by atoms with van der Waals surface area (Å²) in [6.45, 7) is 5.97. The normalized spacial score (nSPS) is 12.2. The lowest BCUT2D eigenvalue weighted by Gasteiger charge is -2.19. The van der Waals surface area contributed by atoms with Crippen molar-refractivity contribution in [2.24, 2.45) is 11.8 Å². The van der Waals surface area contributed by atoms with Crippen molar-refractivity contribution >= 4 is 11.9 Å². The van der Waals surface area contributed by atoms with E-state index in [2.05, 4.69) is 0 Å². The molecule has 0 saturated heterocycles. The van der Waals surface area contributed by atoms with Gasteiger partial charge in [0.2, 0.25) is 0 Å². The molecule has 0 aliphatic carbocycles. The third kappa shape index (κ3) is 4.09. The molecule has 0 heterocycles. The second kappa shape index (κ2) is 6.92. The van der Waals surface area contributed by atoms with Crippen molar-refractivity contribution in [3.05, 3.63) is 35.4 Å². The van der Waals surface area contributed by atoms with Crippen molar-refractivity contribution in [2.75, 3.05) is 6.61 Å². The lowest BCUT2D eigenvalue weighted by Crippen LogP contribution is -2.25. The zero-order valence-electron chi connectivity index (χ0n) is 11.6. The lowest BCUT2D eigenvalue weighted by molar-refractivity contribution is -0.149. The van der Waals surface area contributed by atoms with Gasteiger partial charge in [0.25, 0.3) is 0 Å². The Bertz CT molecular complexity index is 451. The first kappa shape index (κ1) is 15.2. The van der Waals surface area contributed by atoms with Crippen LogP contribution in [0, 0.1) is 11.8 Å². The van der Waals surface area contributed by atoms with Crippen molar-refractivity contribution in [3.8, 4) is 0 Å². The van der Waals surface area contributed by atoms with Crippen LogP contribution in [-0.4, -0.2) is 23.7 Å². The molecule has 0 spiro atoms. The van der Waals surface area contributed by atoms with E-state index in [1.54, 1.807) is 31.2 Å². The summed E-state index contributed by atoms with van der Waals surface area (Å²) in [6.07, 6.45) is 0.388. The Kier molecular flexibility index (Phi) is 5.55. The summed E-state index contributed by atoms with van der Waals surface area (Å²) in [6, 6.07) is 6.77. The largest absolute Gasteiger partial charge is 0.478 e. The van der Waals surface area contributed by atoms with Crippen LogP contribution in [-0.2, 0) is 16.0 Å². The van der Waals surface area contributed by atoms with Crippen molar-refractivity contribution in [1.29, 1.82) is 0 Å². The van der Waals surface area contributed by atoms with Gasteiger partial charge in [0.15, 0.2) is 0 Å². The van der Waals surface area contributed by atoms with Gasteiger partial charge >= 0.3 is 11.9 Å². The molecule has 19 heavy (non-hydrogen) atoms. The van der Waals surface area contributed by atoms with E-state index in [4.69, 9.17) is 9.84 Å². The Labute approximate surface area is 113 Å². The maximum Gasteiger partial charge on any atom is 0.335 e. The van der Waals surface area contributed by atoms with Crippen LogP contribution in [0.3, 0.4) is 0 Å². The molecule has 1 aromatic rings. The predicted molar refractivity (Wildman–Crippen MR) is 72.1 cm³/mol. The maximum absolute atomic E-state index is 11.9. The third-order valence-electron chi connectivity index (χ3n) is 3.08. The number of carboxylic acids is 1. The number of aromatic carboxylic acids is 1. The number of rotatable bonds is 6. The first-order valence-corrected chi connectivity index (χ1v) is 6.45. The van der Waals surface area contributed by atoms with Crippen LogP contribution in [0.25, 0.3) is 0 Å². The Hall–Kier alpha value is -1.84. The van der Waals surface area contributed by atoms with Crippen LogP contribution in [0.4, 0.5) is 0 Å². The Balaban J connectivity index is 2.97. The number of hydrogen-bond donors (Lipinski definition) is 1. The van der Waals surface area contributed by atoms with E-state index < -0.39 is 5.97 Å². The van der Waals surface area contributed by atoms with Gasteiger partial charge in [0.05, 0.1) is 18.1 Å². The van der Waals surface area contributed by atoms with Gasteiger partial charge in [-0.05, 0) is 30.9 Å². The van der Waals surface area contributed by atoms with Gasteiger partial charge < -0.3 is 9.84 Å². The Morgan fingerprint density at radius 3 is 2.42 bits per heavy atom. The Morgan fingerprint density at radius 2 is 1.89 bits per heavy atom. The fourth-order valence-corrected chi connectivity index (χ4v) is 1.98. The zero-order chi connectivity index (χ0) is 14.4. The highest BCUT2D eigenvalue weighted by molar-refractivity contribution is 5.89. The first-order valence-electron chi connectivity index (χ1n) is 6.45. The van der Waals surface area contributed by atoms with E-state index in [1.807, 2.05) is 13.8 Å². The minimum atomic E-state index is -0.970. The Morgan fingerprint density at radius 1 is 1.26 bits per heavy atom. The van der Waals surface area contributed by atoms with Crippen LogP contribution in [0.2, 0.25) is 0 Å². The molecule has 0 aromatic heterocycles. The fourth-order valence-electron chi connectivity index (χ4n) is 1.98. The molecule has 0 aliphatic heterocycles. The molecule has 1 rings (SSSR count). The highest BCUT2D eigenvalue weighted by Gasteiger charge is 2.25. The van der Waals surface area contributed by atoms with Gasteiger partial charge in [0.1, 0.15) is 0 Å². The molecular weight excluding hydrogens is 244 g/mol. The van der Waals surface area contributed by atoms with E-state index in [9.17, 15) is 9.59 Å². The average Bonchev–Trinajstić information content (AvgIpc) is 2.36.